The molecule has 1 amide bonds. The van der Waals surface area contributed by atoms with Crippen LogP contribution in [0.2, 0.25) is 10.0 Å². The van der Waals surface area contributed by atoms with Gasteiger partial charge >= 0.3 is 5.97 Å². The van der Waals surface area contributed by atoms with Crippen LogP contribution in [0.15, 0.2) is 65.6 Å². The molecule has 0 bridgehead atoms. The number of benzene rings is 2. The Morgan fingerprint density at radius 2 is 1.73 bits per heavy atom. The molecular formula is C35H35Cl2N7O5. The molecule has 1 saturated heterocycles. The quantitative estimate of drug-likeness (QED) is 0.188. The number of methoxy groups -OCH3 is 2. The van der Waals surface area contributed by atoms with Crippen molar-refractivity contribution >= 4 is 40.6 Å². The van der Waals surface area contributed by atoms with Crippen molar-refractivity contribution < 1.29 is 19.1 Å². The van der Waals surface area contributed by atoms with E-state index in [0.29, 0.717) is 73.7 Å². The Morgan fingerprint density at radius 1 is 1.04 bits per heavy atom. The lowest BCUT2D eigenvalue weighted by Gasteiger charge is -2.24. The molecule has 3 aromatic heterocycles. The molecule has 5 aromatic rings. The largest absolute Gasteiger partial charge is 0.481 e. The molecule has 1 aliphatic heterocycles. The summed E-state index contributed by atoms with van der Waals surface area (Å²) < 4.78 is 13.3. The van der Waals surface area contributed by atoms with Gasteiger partial charge in [0.1, 0.15) is 11.3 Å². The second-order valence-corrected chi connectivity index (χ2v) is 12.5. The minimum atomic E-state index is -0.417. The van der Waals surface area contributed by atoms with E-state index < -0.39 is 5.97 Å². The summed E-state index contributed by atoms with van der Waals surface area (Å²) in [6.45, 7) is 0.722. The summed E-state index contributed by atoms with van der Waals surface area (Å²) in [5, 5.41) is 11.4. The van der Waals surface area contributed by atoms with Crippen molar-refractivity contribution in [3.8, 4) is 39.4 Å². The number of nitrogens with zero attached hydrogens (tertiary/aromatic N) is 5. The van der Waals surface area contributed by atoms with Crippen LogP contribution in [0.4, 0.5) is 0 Å². The van der Waals surface area contributed by atoms with Crippen LogP contribution in [0, 0.1) is 0 Å². The Hall–Kier alpha value is -4.75. The number of hydrogen-bond acceptors (Lipinski definition) is 9. The van der Waals surface area contributed by atoms with E-state index >= 15 is 0 Å². The molecule has 14 heteroatoms. The van der Waals surface area contributed by atoms with E-state index in [9.17, 15) is 14.4 Å². The fourth-order valence-corrected chi connectivity index (χ4v) is 6.61. The summed E-state index contributed by atoms with van der Waals surface area (Å²) in [5.74, 6) is 0.552. The predicted octanol–water partition coefficient (Wildman–Crippen LogP) is 4.67. The third-order valence-corrected chi connectivity index (χ3v) is 9.46. The number of esters is 1. The molecule has 1 aliphatic rings. The summed E-state index contributed by atoms with van der Waals surface area (Å²) in [6.07, 6.45) is 2.99. The number of rotatable bonds is 11. The summed E-state index contributed by atoms with van der Waals surface area (Å²) >= 11 is 14.2. The molecule has 0 aliphatic carbocycles. The summed E-state index contributed by atoms with van der Waals surface area (Å²) in [4.78, 5) is 43.3. The first-order valence-electron chi connectivity index (χ1n) is 15.6. The van der Waals surface area contributed by atoms with Crippen LogP contribution in [0.1, 0.15) is 24.2 Å². The van der Waals surface area contributed by atoms with Crippen LogP contribution >= 0.6 is 23.2 Å². The molecule has 0 saturated carbocycles. The second-order valence-electron chi connectivity index (χ2n) is 11.8. The lowest BCUT2D eigenvalue weighted by molar-refractivity contribution is -0.139. The molecule has 0 unspecified atom stereocenters. The first-order chi connectivity index (χ1) is 23.6. The summed E-state index contributed by atoms with van der Waals surface area (Å²) in [5.41, 5.74) is 5.17. The van der Waals surface area contributed by atoms with Crippen molar-refractivity contribution in [2.45, 2.75) is 32.1 Å². The van der Waals surface area contributed by atoms with E-state index in [4.69, 9.17) is 32.9 Å². The molecule has 12 nitrogen and oxygen atoms in total. The van der Waals surface area contributed by atoms with E-state index in [0.717, 1.165) is 12.0 Å². The van der Waals surface area contributed by atoms with Gasteiger partial charge in [0.15, 0.2) is 0 Å². The van der Waals surface area contributed by atoms with Gasteiger partial charge in [-0.3, -0.25) is 29.2 Å². The highest BCUT2D eigenvalue weighted by Crippen LogP contribution is 2.42. The number of aromatic nitrogens is 4. The molecule has 254 valence electrons. The minimum Gasteiger partial charge on any atom is -0.481 e. The maximum atomic E-state index is 13.2. The van der Waals surface area contributed by atoms with Gasteiger partial charge in [0, 0.05) is 59.6 Å². The molecule has 4 heterocycles. The smallest absolute Gasteiger partial charge is 0.319 e. The van der Waals surface area contributed by atoms with Crippen molar-refractivity contribution in [1.29, 1.82) is 0 Å². The standard InChI is InChI=1S/C35H35Cl2N7O5/c1-42(28-13-14-30(45)40-28)18-20-11-12-26(39-34(20)49-4)25-10-6-9-24(33(25)37)23-8-5-7-22(32(23)36)21-15-27-35(47)43(2)29(41-44(27)19-21)16-38-17-31(46)48-3/h5-12,15,19,28,38H,13-14,16-18H2,1-4H3,(H,40,45)/t28-/m0/s1. The van der Waals surface area contributed by atoms with Gasteiger partial charge in [-0.15, -0.1) is 0 Å². The van der Waals surface area contributed by atoms with Gasteiger partial charge in [0.2, 0.25) is 11.8 Å². The molecule has 2 N–H and O–H groups in total. The Balaban J connectivity index is 1.30. The Kier molecular flexibility index (Phi) is 10.0. The first kappa shape index (κ1) is 34.1. The van der Waals surface area contributed by atoms with Gasteiger partial charge in [-0.2, -0.15) is 5.10 Å². The highest BCUT2D eigenvalue weighted by Gasteiger charge is 2.25. The topological polar surface area (TPSA) is 132 Å². The average molecular weight is 705 g/mol. The van der Waals surface area contributed by atoms with E-state index in [2.05, 4.69) is 25.4 Å². The van der Waals surface area contributed by atoms with Crippen LogP contribution in [0.5, 0.6) is 5.88 Å². The molecule has 6 rings (SSSR count). The average Bonchev–Trinajstić information content (AvgIpc) is 3.74. The van der Waals surface area contributed by atoms with Gasteiger partial charge in [-0.25, -0.2) is 9.50 Å². The van der Waals surface area contributed by atoms with E-state index in [-0.39, 0.29) is 30.7 Å². The van der Waals surface area contributed by atoms with Gasteiger partial charge < -0.3 is 14.8 Å². The van der Waals surface area contributed by atoms with Crippen LogP contribution in [-0.2, 0) is 34.5 Å². The SMILES string of the molecule is COC(=O)CNCc1nn2cc(-c3cccc(-c4cccc(-c5ccc(CN(C)[C@H]6CCC(=O)N6)c(OC)n5)c4Cl)c3Cl)cc2c(=O)n1C. The third-order valence-electron chi connectivity index (χ3n) is 8.65. The molecule has 2 aromatic carbocycles. The predicted molar refractivity (Wildman–Crippen MR) is 187 cm³/mol. The number of carbonyl (C=O) groups excluding carboxylic acids is 2. The lowest BCUT2D eigenvalue weighted by atomic mass is 9.97. The zero-order valence-corrected chi connectivity index (χ0v) is 28.9. The van der Waals surface area contributed by atoms with Crippen molar-refractivity contribution in [3.63, 3.8) is 0 Å². The van der Waals surface area contributed by atoms with Crippen molar-refractivity contribution in [1.82, 2.24) is 34.7 Å². The minimum absolute atomic E-state index is 0.0115. The van der Waals surface area contributed by atoms with Gasteiger partial charge in [-0.05, 0) is 25.6 Å². The van der Waals surface area contributed by atoms with Crippen molar-refractivity contribution in [2.75, 3.05) is 27.8 Å². The van der Waals surface area contributed by atoms with Crippen LogP contribution in [-0.4, -0.2) is 69.9 Å². The summed E-state index contributed by atoms with van der Waals surface area (Å²) in [7, 11) is 6.48. The molecule has 0 radical (unpaired) electrons. The fourth-order valence-electron chi connectivity index (χ4n) is 5.95. The normalized spacial score (nSPS) is 14.4. The second kappa shape index (κ2) is 14.4. The molecular weight excluding hydrogens is 669 g/mol. The first-order valence-corrected chi connectivity index (χ1v) is 16.3. The Labute approximate surface area is 292 Å². The van der Waals surface area contributed by atoms with E-state index in [1.165, 1.54) is 16.2 Å². The highest BCUT2D eigenvalue weighted by atomic mass is 35.5. The molecule has 0 spiro atoms. The van der Waals surface area contributed by atoms with Crippen LogP contribution in [0.3, 0.4) is 0 Å². The maximum Gasteiger partial charge on any atom is 0.319 e. The number of pyridine rings is 1. The molecule has 49 heavy (non-hydrogen) atoms. The van der Waals surface area contributed by atoms with Crippen LogP contribution in [0.25, 0.3) is 39.0 Å². The van der Waals surface area contributed by atoms with Crippen LogP contribution < -0.4 is 20.9 Å². The fraction of sp³-hybridized carbons (Fsp3) is 0.286. The zero-order valence-electron chi connectivity index (χ0n) is 27.4. The molecule has 1 atom stereocenters. The number of nitrogens with one attached hydrogen (secondary N) is 2. The number of halogens is 2. The van der Waals surface area contributed by atoms with Gasteiger partial charge in [0.25, 0.3) is 5.56 Å². The number of hydrogen-bond donors (Lipinski definition) is 2. The monoisotopic (exact) mass is 703 g/mol. The third kappa shape index (κ3) is 6.90. The zero-order chi connectivity index (χ0) is 34.8. The van der Waals surface area contributed by atoms with Gasteiger partial charge in [-0.1, -0.05) is 65.7 Å². The highest BCUT2D eigenvalue weighted by molar-refractivity contribution is 6.39. The molecule has 1 fully saturated rings. The number of ether oxygens (including phenoxy) is 2. The van der Waals surface area contributed by atoms with Crippen molar-refractivity contribution in [2.24, 2.45) is 7.05 Å². The van der Waals surface area contributed by atoms with Crippen molar-refractivity contribution in [3.05, 3.63) is 92.6 Å². The Morgan fingerprint density at radius 3 is 2.41 bits per heavy atom. The summed E-state index contributed by atoms with van der Waals surface area (Å²) in [6, 6.07) is 17.0. The van der Waals surface area contributed by atoms with E-state index in [1.54, 1.807) is 26.4 Å². The number of carbonyl (C=O) groups is 2. The Bertz CT molecular complexity index is 2130. The van der Waals surface area contributed by atoms with E-state index in [1.807, 2.05) is 55.6 Å². The number of amides is 1. The number of fused-ring (bicyclic) bond motifs is 1. The lowest BCUT2D eigenvalue weighted by Crippen LogP contribution is -2.40. The maximum absolute atomic E-state index is 13.2. The van der Waals surface area contributed by atoms with Gasteiger partial charge in [0.05, 0.1) is 49.2 Å².